The highest BCUT2D eigenvalue weighted by atomic mass is 32.2. The maximum atomic E-state index is 10.8. The fraction of sp³-hybridized carbons (Fsp3) is 0.875. The molecule has 3 nitrogen and oxygen atoms in total. The van der Waals surface area contributed by atoms with Crippen LogP contribution in [-0.4, -0.2) is 47.1 Å². The Morgan fingerprint density at radius 1 is 1.58 bits per heavy atom. The van der Waals surface area contributed by atoms with Crippen LogP contribution in [0.15, 0.2) is 0 Å². The number of rotatable bonds is 5. The smallest absolute Gasteiger partial charge is 0.323 e. The normalized spacial score (nSPS) is 12.1. The number of carbonyl (C=O) groups is 1. The van der Waals surface area contributed by atoms with Gasteiger partial charge in [0.2, 0.25) is 0 Å². The van der Waals surface area contributed by atoms with Gasteiger partial charge >= 0.3 is 5.97 Å². The fourth-order valence-electron chi connectivity index (χ4n) is 0.671. The Labute approximate surface area is 78.1 Å². The van der Waals surface area contributed by atoms with E-state index in [1.54, 1.807) is 25.6 Å². The number of aliphatic carboxylic acids is 1. The molecular weight excluding hydrogens is 174 g/mol. The molecule has 0 aromatic heterocycles. The molecule has 0 heterocycles. The second-order valence-electron chi connectivity index (χ2n) is 3.28. The summed E-state index contributed by atoms with van der Waals surface area (Å²) in [7, 11) is 1.84. The molecule has 4 heteroatoms. The van der Waals surface area contributed by atoms with Gasteiger partial charge in [-0.2, -0.15) is 11.8 Å². The van der Waals surface area contributed by atoms with E-state index < -0.39 is 11.5 Å². The zero-order valence-electron chi connectivity index (χ0n) is 8.13. The molecule has 72 valence electrons. The Balaban J connectivity index is 4.06. The lowest BCUT2D eigenvalue weighted by atomic mass is 10.0. The molecular formula is C8H17NO2S. The topological polar surface area (TPSA) is 40.5 Å². The third-order valence-electron chi connectivity index (χ3n) is 2.11. The van der Waals surface area contributed by atoms with Crippen molar-refractivity contribution in [2.45, 2.75) is 19.4 Å². The molecule has 0 unspecified atom stereocenters. The summed E-state index contributed by atoms with van der Waals surface area (Å²) in [5, 5.41) is 8.86. The van der Waals surface area contributed by atoms with E-state index in [9.17, 15) is 4.79 Å². The van der Waals surface area contributed by atoms with Crippen LogP contribution in [0.1, 0.15) is 13.8 Å². The monoisotopic (exact) mass is 191 g/mol. The Hall–Kier alpha value is -0.220. The summed E-state index contributed by atoms with van der Waals surface area (Å²) in [6, 6.07) is 0. The van der Waals surface area contributed by atoms with Crippen molar-refractivity contribution >= 4 is 17.7 Å². The number of thioether (sulfide) groups is 1. The first-order valence-electron chi connectivity index (χ1n) is 3.86. The molecule has 0 rings (SSSR count). The van der Waals surface area contributed by atoms with Crippen LogP contribution in [0, 0.1) is 0 Å². The predicted octanol–water partition coefficient (Wildman–Crippen LogP) is 1.14. The maximum Gasteiger partial charge on any atom is 0.323 e. The van der Waals surface area contributed by atoms with E-state index in [2.05, 4.69) is 0 Å². The first-order chi connectivity index (χ1) is 5.42. The number of hydrogen-bond acceptors (Lipinski definition) is 3. The number of carboxylic acids is 1. The molecule has 0 aromatic carbocycles. The first kappa shape index (κ1) is 11.8. The summed E-state index contributed by atoms with van der Waals surface area (Å²) >= 11 is 1.72. The van der Waals surface area contributed by atoms with Gasteiger partial charge < -0.3 is 5.11 Å². The fourth-order valence-corrected chi connectivity index (χ4v) is 1.13. The van der Waals surface area contributed by atoms with Crippen molar-refractivity contribution in [3.05, 3.63) is 0 Å². The highest BCUT2D eigenvalue weighted by Gasteiger charge is 2.31. The summed E-state index contributed by atoms with van der Waals surface area (Å²) in [5.74, 6) is 0.193. The van der Waals surface area contributed by atoms with Crippen LogP contribution in [0.3, 0.4) is 0 Å². The molecule has 0 saturated carbocycles. The van der Waals surface area contributed by atoms with Crippen molar-refractivity contribution in [3.63, 3.8) is 0 Å². The molecule has 0 radical (unpaired) electrons. The number of hydrogen-bond donors (Lipinski definition) is 1. The summed E-state index contributed by atoms with van der Waals surface area (Å²) in [5.41, 5.74) is -0.754. The van der Waals surface area contributed by atoms with Gasteiger partial charge in [-0.05, 0) is 27.2 Å². The molecule has 12 heavy (non-hydrogen) atoms. The minimum absolute atomic E-state index is 0.754. The third-order valence-corrected chi connectivity index (χ3v) is 2.70. The van der Waals surface area contributed by atoms with E-state index >= 15 is 0 Å². The standard InChI is InChI=1S/C8H17NO2S/c1-8(2,7(10)11)9(3)5-6-12-4/h5-6H2,1-4H3,(H,10,11). The lowest BCUT2D eigenvalue weighted by Crippen LogP contribution is -2.48. The molecule has 0 aromatic rings. The number of likely N-dealkylation sites (N-methyl/N-ethyl adjacent to an activating group) is 1. The Bertz CT molecular complexity index is 159. The molecule has 0 aliphatic carbocycles. The maximum absolute atomic E-state index is 10.8. The van der Waals surface area contributed by atoms with Crippen molar-refractivity contribution in [2.75, 3.05) is 25.6 Å². The lowest BCUT2D eigenvalue weighted by Gasteiger charge is -2.31. The van der Waals surface area contributed by atoms with Crippen molar-refractivity contribution in [1.29, 1.82) is 0 Å². The molecule has 0 amide bonds. The minimum atomic E-state index is -0.772. The van der Waals surface area contributed by atoms with Gasteiger partial charge in [-0.15, -0.1) is 0 Å². The second-order valence-corrected chi connectivity index (χ2v) is 4.26. The highest BCUT2D eigenvalue weighted by Crippen LogP contribution is 2.12. The van der Waals surface area contributed by atoms with E-state index in [0.29, 0.717) is 0 Å². The predicted molar refractivity (Wildman–Crippen MR) is 52.7 cm³/mol. The molecule has 0 spiro atoms. The SMILES string of the molecule is CSCCN(C)C(C)(C)C(=O)O. The number of carboxylic acid groups (broad SMARTS) is 1. The minimum Gasteiger partial charge on any atom is -0.480 e. The van der Waals surface area contributed by atoms with E-state index in [-0.39, 0.29) is 0 Å². The van der Waals surface area contributed by atoms with Gasteiger partial charge in [-0.3, -0.25) is 9.69 Å². The van der Waals surface area contributed by atoms with Crippen LogP contribution >= 0.6 is 11.8 Å². The molecule has 0 atom stereocenters. The summed E-state index contributed by atoms with van der Waals surface area (Å²) in [6.07, 6.45) is 2.02. The van der Waals surface area contributed by atoms with Gasteiger partial charge in [0.25, 0.3) is 0 Å². The van der Waals surface area contributed by atoms with Gasteiger partial charge in [-0.25, -0.2) is 0 Å². The third kappa shape index (κ3) is 3.03. The molecule has 1 N–H and O–H groups in total. The van der Waals surface area contributed by atoms with Gasteiger partial charge in [0, 0.05) is 12.3 Å². The van der Waals surface area contributed by atoms with E-state index in [1.165, 1.54) is 0 Å². The second kappa shape index (κ2) is 4.72. The van der Waals surface area contributed by atoms with Crippen LogP contribution in [-0.2, 0) is 4.79 Å². The first-order valence-corrected chi connectivity index (χ1v) is 5.26. The summed E-state index contributed by atoms with van der Waals surface area (Å²) < 4.78 is 0. The van der Waals surface area contributed by atoms with Gasteiger partial charge in [0.05, 0.1) is 0 Å². The van der Waals surface area contributed by atoms with E-state index in [1.807, 2.05) is 18.2 Å². The molecule has 0 bridgehead atoms. The van der Waals surface area contributed by atoms with Crippen molar-refractivity contribution < 1.29 is 9.90 Å². The highest BCUT2D eigenvalue weighted by molar-refractivity contribution is 7.98. The zero-order valence-corrected chi connectivity index (χ0v) is 8.94. The molecule has 0 saturated heterocycles. The van der Waals surface area contributed by atoms with Crippen molar-refractivity contribution in [1.82, 2.24) is 4.90 Å². The van der Waals surface area contributed by atoms with Crippen molar-refractivity contribution in [3.8, 4) is 0 Å². The van der Waals surface area contributed by atoms with Gasteiger partial charge in [0.15, 0.2) is 0 Å². The molecule has 0 aliphatic rings. The quantitative estimate of drug-likeness (QED) is 0.707. The van der Waals surface area contributed by atoms with E-state index in [0.717, 1.165) is 12.3 Å². The van der Waals surface area contributed by atoms with Crippen LogP contribution in [0.5, 0.6) is 0 Å². The summed E-state index contributed by atoms with van der Waals surface area (Å²) in [6.45, 7) is 4.24. The number of nitrogens with zero attached hydrogens (tertiary/aromatic N) is 1. The van der Waals surface area contributed by atoms with Crippen LogP contribution in [0.4, 0.5) is 0 Å². The largest absolute Gasteiger partial charge is 0.480 e. The molecule has 0 fully saturated rings. The lowest BCUT2D eigenvalue weighted by molar-refractivity contribution is -0.148. The summed E-state index contributed by atoms with van der Waals surface area (Å²) in [4.78, 5) is 12.6. The van der Waals surface area contributed by atoms with Crippen LogP contribution in [0.2, 0.25) is 0 Å². The Morgan fingerprint density at radius 3 is 2.42 bits per heavy atom. The average Bonchev–Trinajstić information content (AvgIpc) is 1.99. The van der Waals surface area contributed by atoms with Gasteiger partial charge in [0.1, 0.15) is 5.54 Å². The zero-order chi connectivity index (χ0) is 9.78. The van der Waals surface area contributed by atoms with Gasteiger partial charge in [-0.1, -0.05) is 0 Å². The molecule has 0 aliphatic heterocycles. The average molecular weight is 191 g/mol. The van der Waals surface area contributed by atoms with Crippen LogP contribution < -0.4 is 0 Å². The Morgan fingerprint density at radius 2 is 2.08 bits per heavy atom. The Kier molecular flexibility index (Phi) is 4.63. The van der Waals surface area contributed by atoms with E-state index in [4.69, 9.17) is 5.11 Å². The van der Waals surface area contributed by atoms with Crippen LogP contribution in [0.25, 0.3) is 0 Å². The van der Waals surface area contributed by atoms with Crippen molar-refractivity contribution in [2.24, 2.45) is 0 Å².